The van der Waals surface area contributed by atoms with Crippen LogP contribution in [0.3, 0.4) is 0 Å². The molecule has 1 aromatic carbocycles. The fraction of sp³-hybridized carbons (Fsp3) is 0.375. The Morgan fingerprint density at radius 1 is 1.16 bits per heavy atom. The molecule has 1 N–H and O–H groups in total. The van der Waals surface area contributed by atoms with Gasteiger partial charge in [0.2, 0.25) is 0 Å². The molecule has 2 aromatic heterocycles. The molecule has 4 rings (SSSR count). The number of hydrogen-bond acceptors (Lipinski definition) is 4. The maximum atomic E-state index is 5.97. The van der Waals surface area contributed by atoms with E-state index in [0.717, 1.165) is 50.0 Å². The SMILES string of the molecule is CCNC(=NCc1ccnc(-n2cccn2)c1)N1CCC(COCc2ccccc2)C1.I. The van der Waals surface area contributed by atoms with Gasteiger partial charge in [0, 0.05) is 44.1 Å². The number of nitrogens with zero attached hydrogens (tertiary/aromatic N) is 5. The number of nitrogens with one attached hydrogen (secondary N) is 1. The third-order valence-electron chi connectivity index (χ3n) is 5.35. The average molecular weight is 546 g/mol. The minimum absolute atomic E-state index is 0. The van der Waals surface area contributed by atoms with E-state index < -0.39 is 0 Å². The van der Waals surface area contributed by atoms with Crippen LogP contribution in [-0.2, 0) is 17.9 Å². The molecule has 7 nitrogen and oxygen atoms in total. The van der Waals surface area contributed by atoms with Gasteiger partial charge in [0.25, 0.3) is 0 Å². The molecule has 32 heavy (non-hydrogen) atoms. The molecule has 170 valence electrons. The fourth-order valence-electron chi connectivity index (χ4n) is 3.76. The van der Waals surface area contributed by atoms with Crippen LogP contribution in [0.25, 0.3) is 5.82 Å². The van der Waals surface area contributed by atoms with Gasteiger partial charge in [-0.05, 0) is 42.7 Å². The van der Waals surface area contributed by atoms with E-state index in [2.05, 4.69) is 51.5 Å². The summed E-state index contributed by atoms with van der Waals surface area (Å²) in [5.74, 6) is 2.30. The van der Waals surface area contributed by atoms with Crippen LogP contribution in [0, 0.1) is 5.92 Å². The van der Waals surface area contributed by atoms with Gasteiger partial charge in [-0.1, -0.05) is 30.3 Å². The molecular weight excluding hydrogens is 515 g/mol. The lowest BCUT2D eigenvalue weighted by atomic mass is 10.1. The van der Waals surface area contributed by atoms with Crippen molar-refractivity contribution in [3.8, 4) is 5.82 Å². The highest BCUT2D eigenvalue weighted by molar-refractivity contribution is 14.0. The van der Waals surface area contributed by atoms with Gasteiger partial charge in [-0.2, -0.15) is 5.10 Å². The van der Waals surface area contributed by atoms with Crippen LogP contribution in [0.15, 0.2) is 72.1 Å². The first-order valence-corrected chi connectivity index (χ1v) is 10.9. The van der Waals surface area contributed by atoms with E-state index in [4.69, 9.17) is 9.73 Å². The van der Waals surface area contributed by atoms with Crippen LogP contribution in [0.1, 0.15) is 24.5 Å². The van der Waals surface area contributed by atoms with E-state index in [1.807, 2.05) is 36.7 Å². The highest BCUT2D eigenvalue weighted by atomic mass is 127. The molecule has 8 heteroatoms. The molecular formula is C24H31IN6O. The van der Waals surface area contributed by atoms with E-state index in [1.54, 1.807) is 10.9 Å². The molecule has 1 saturated heterocycles. The molecule has 0 radical (unpaired) electrons. The summed E-state index contributed by atoms with van der Waals surface area (Å²) in [6, 6.07) is 16.3. The summed E-state index contributed by atoms with van der Waals surface area (Å²) < 4.78 is 7.73. The number of guanidine groups is 1. The van der Waals surface area contributed by atoms with Crippen molar-refractivity contribution < 1.29 is 4.74 Å². The van der Waals surface area contributed by atoms with E-state index in [0.29, 0.717) is 19.1 Å². The van der Waals surface area contributed by atoms with Crippen molar-refractivity contribution in [1.82, 2.24) is 25.0 Å². The number of halogens is 1. The van der Waals surface area contributed by atoms with Crippen LogP contribution < -0.4 is 5.32 Å². The summed E-state index contributed by atoms with van der Waals surface area (Å²) in [6.07, 6.45) is 6.58. The largest absolute Gasteiger partial charge is 0.376 e. The van der Waals surface area contributed by atoms with Gasteiger partial charge >= 0.3 is 0 Å². The van der Waals surface area contributed by atoms with E-state index in [9.17, 15) is 0 Å². The summed E-state index contributed by atoms with van der Waals surface area (Å²) in [6.45, 7) is 6.97. The topological polar surface area (TPSA) is 67.6 Å². The number of benzene rings is 1. The van der Waals surface area contributed by atoms with E-state index in [1.165, 1.54) is 5.56 Å². The Bertz CT molecular complexity index is 964. The third-order valence-corrected chi connectivity index (χ3v) is 5.35. The third kappa shape index (κ3) is 6.77. The first kappa shape index (κ1) is 24.2. The standard InChI is InChI=1S/C24H30N6O.HI/c1-2-25-24(27-16-21-9-12-26-23(15-21)30-13-6-11-28-30)29-14-10-22(17-29)19-31-18-20-7-4-3-5-8-20;/h3-9,11-13,15,22H,2,10,14,16-19H2,1H3,(H,25,27);1H. The second kappa shape index (κ2) is 12.5. The Hall–Kier alpha value is -2.46. The molecule has 1 aliphatic heterocycles. The molecule has 0 aliphatic carbocycles. The smallest absolute Gasteiger partial charge is 0.194 e. The second-order valence-corrected chi connectivity index (χ2v) is 7.74. The van der Waals surface area contributed by atoms with Crippen LogP contribution in [-0.4, -0.2) is 51.9 Å². The van der Waals surface area contributed by atoms with Crippen molar-refractivity contribution in [3.05, 3.63) is 78.2 Å². The van der Waals surface area contributed by atoms with Crippen LogP contribution in [0.5, 0.6) is 0 Å². The fourth-order valence-corrected chi connectivity index (χ4v) is 3.76. The molecule has 0 spiro atoms. The Labute approximate surface area is 206 Å². The maximum absolute atomic E-state index is 5.97. The minimum Gasteiger partial charge on any atom is -0.376 e. The lowest BCUT2D eigenvalue weighted by Gasteiger charge is -2.21. The first-order valence-electron chi connectivity index (χ1n) is 10.9. The normalized spacial score (nSPS) is 16.1. The van der Waals surface area contributed by atoms with Crippen molar-refractivity contribution >= 4 is 29.9 Å². The lowest BCUT2D eigenvalue weighted by molar-refractivity contribution is 0.0906. The Kier molecular flexibility index (Phi) is 9.48. The van der Waals surface area contributed by atoms with Crippen molar-refractivity contribution in [3.63, 3.8) is 0 Å². The molecule has 3 heterocycles. The van der Waals surface area contributed by atoms with Gasteiger partial charge in [-0.15, -0.1) is 24.0 Å². The van der Waals surface area contributed by atoms with Gasteiger partial charge < -0.3 is 15.0 Å². The molecule has 1 aliphatic rings. The zero-order valence-electron chi connectivity index (χ0n) is 18.4. The molecule has 1 unspecified atom stereocenters. The van der Waals surface area contributed by atoms with Gasteiger partial charge in [0.05, 0.1) is 19.8 Å². The summed E-state index contributed by atoms with van der Waals surface area (Å²) in [5, 5.41) is 7.69. The predicted octanol–water partition coefficient (Wildman–Crippen LogP) is 3.89. The number of rotatable bonds is 8. The molecule has 1 fully saturated rings. The summed E-state index contributed by atoms with van der Waals surface area (Å²) in [4.78, 5) is 11.6. The lowest BCUT2D eigenvalue weighted by Crippen LogP contribution is -2.40. The monoisotopic (exact) mass is 546 g/mol. The Balaban J connectivity index is 0.00000289. The van der Waals surface area contributed by atoms with Gasteiger partial charge in [0.1, 0.15) is 0 Å². The van der Waals surface area contributed by atoms with E-state index >= 15 is 0 Å². The molecule has 3 aromatic rings. The maximum Gasteiger partial charge on any atom is 0.194 e. The van der Waals surface area contributed by atoms with Gasteiger partial charge in [0.15, 0.2) is 11.8 Å². The number of aromatic nitrogens is 3. The molecule has 0 saturated carbocycles. The number of likely N-dealkylation sites (tertiary alicyclic amines) is 1. The van der Waals surface area contributed by atoms with E-state index in [-0.39, 0.29) is 24.0 Å². The summed E-state index contributed by atoms with van der Waals surface area (Å²) >= 11 is 0. The van der Waals surface area contributed by atoms with Crippen LogP contribution in [0.4, 0.5) is 0 Å². The highest BCUT2D eigenvalue weighted by Gasteiger charge is 2.25. The van der Waals surface area contributed by atoms with Crippen molar-refractivity contribution in [2.75, 3.05) is 26.2 Å². The summed E-state index contributed by atoms with van der Waals surface area (Å²) in [5.41, 5.74) is 2.33. The molecule has 0 bridgehead atoms. The molecule has 0 amide bonds. The Morgan fingerprint density at radius 2 is 2.03 bits per heavy atom. The van der Waals surface area contributed by atoms with Gasteiger partial charge in [-0.25, -0.2) is 14.7 Å². The summed E-state index contributed by atoms with van der Waals surface area (Å²) in [7, 11) is 0. The first-order chi connectivity index (χ1) is 15.3. The second-order valence-electron chi connectivity index (χ2n) is 7.74. The molecule has 1 atom stereocenters. The number of hydrogen-bond donors (Lipinski definition) is 1. The predicted molar refractivity (Wildman–Crippen MR) is 137 cm³/mol. The minimum atomic E-state index is 0. The number of aliphatic imine (C=N–C) groups is 1. The number of ether oxygens (including phenoxy) is 1. The Morgan fingerprint density at radius 3 is 2.81 bits per heavy atom. The average Bonchev–Trinajstić information content (AvgIpc) is 3.50. The zero-order chi connectivity index (χ0) is 21.3. The quantitative estimate of drug-likeness (QED) is 0.264. The van der Waals surface area contributed by atoms with Crippen molar-refractivity contribution in [2.45, 2.75) is 26.5 Å². The van der Waals surface area contributed by atoms with Crippen LogP contribution >= 0.6 is 24.0 Å². The van der Waals surface area contributed by atoms with Crippen molar-refractivity contribution in [2.24, 2.45) is 10.9 Å². The van der Waals surface area contributed by atoms with Crippen molar-refractivity contribution in [1.29, 1.82) is 0 Å². The highest BCUT2D eigenvalue weighted by Crippen LogP contribution is 2.18. The zero-order valence-corrected chi connectivity index (χ0v) is 20.8. The number of pyridine rings is 1. The van der Waals surface area contributed by atoms with Crippen LogP contribution in [0.2, 0.25) is 0 Å². The van der Waals surface area contributed by atoms with Gasteiger partial charge in [-0.3, -0.25) is 0 Å².